The molecular formula is C13H14ClN3O2. The predicted molar refractivity (Wildman–Crippen MR) is 69.8 cm³/mol. The second-order valence-electron chi connectivity index (χ2n) is 4.65. The van der Waals surface area contributed by atoms with Crippen molar-refractivity contribution < 1.29 is 9.21 Å². The molecule has 0 atom stereocenters. The lowest BCUT2D eigenvalue weighted by Crippen LogP contribution is -2.37. The second-order valence-corrected chi connectivity index (χ2v) is 4.99. The average Bonchev–Trinajstić information content (AvgIpc) is 2.99. The molecule has 3 rings (SSSR count). The minimum atomic E-state index is 0.0675. The van der Waals surface area contributed by atoms with Crippen LogP contribution >= 0.6 is 11.6 Å². The number of imidazole rings is 1. The van der Waals surface area contributed by atoms with Crippen LogP contribution in [0.2, 0.25) is 5.28 Å². The van der Waals surface area contributed by atoms with E-state index < -0.39 is 0 Å². The summed E-state index contributed by atoms with van der Waals surface area (Å²) in [6.07, 6.45) is 2.63. The van der Waals surface area contributed by atoms with Crippen LogP contribution in [0.3, 0.4) is 0 Å². The fraction of sp³-hybridized carbons (Fsp3) is 0.385. The molecule has 19 heavy (non-hydrogen) atoms. The quantitative estimate of drug-likeness (QED) is 0.842. The molecule has 0 aromatic carbocycles. The molecule has 0 fully saturated rings. The van der Waals surface area contributed by atoms with Gasteiger partial charge in [0, 0.05) is 20.0 Å². The van der Waals surface area contributed by atoms with Gasteiger partial charge in [-0.2, -0.15) is 0 Å². The number of aromatic nitrogens is 2. The molecule has 0 saturated carbocycles. The van der Waals surface area contributed by atoms with Gasteiger partial charge in [-0.05, 0) is 23.7 Å². The molecule has 1 aliphatic rings. The van der Waals surface area contributed by atoms with E-state index in [4.69, 9.17) is 16.0 Å². The number of hydrogen-bond donors (Lipinski definition) is 0. The van der Waals surface area contributed by atoms with Crippen LogP contribution in [-0.2, 0) is 31.2 Å². The summed E-state index contributed by atoms with van der Waals surface area (Å²) in [6, 6.07) is 3.60. The lowest BCUT2D eigenvalue weighted by Gasteiger charge is -2.26. The first-order valence-electron chi connectivity index (χ1n) is 6.15. The Morgan fingerprint density at radius 3 is 3.16 bits per heavy atom. The zero-order chi connectivity index (χ0) is 13.4. The number of hydrogen-bond acceptors (Lipinski definition) is 3. The first-order chi connectivity index (χ1) is 9.15. The topological polar surface area (TPSA) is 51.3 Å². The molecule has 0 spiro atoms. The molecule has 0 unspecified atom stereocenters. The fourth-order valence-electron chi connectivity index (χ4n) is 2.34. The fourth-order valence-corrected chi connectivity index (χ4v) is 2.54. The molecule has 0 radical (unpaired) electrons. The number of nitrogens with zero attached hydrogens (tertiary/aromatic N) is 3. The summed E-state index contributed by atoms with van der Waals surface area (Å²) in [5, 5.41) is 0.477. The van der Waals surface area contributed by atoms with Crippen molar-refractivity contribution in [3.8, 4) is 0 Å². The van der Waals surface area contributed by atoms with E-state index in [1.165, 1.54) is 0 Å². The summed E-state index contributed by atoms with van der Waals surface area (Å²) in [7, 11) is 1.87. The number of carbonyl (C=O) groups is 1. The van der Waals surface area contributed by atoms with Crippen molar-refractivity contribution in [2.24, 2.45) is 7.05 Å². The van der Waals surface area contributed by atoms with Gasteiger partial charge in [-0.15, -0.1) is 0 Å². The third kappa shape index (κ3) is 2.26. The number of amides is 1. The molecule has 1 amide bonds. The molecule has 2 aromatic heterocycles. The van der Waals surface area contributed by atoms with Gasteiger partial charge in [0.15, 0.2) is 0 Å². The summed E-state index contributed by atoms with van der Waals surface area (Å²) in [5.74, 6) is 0.761. The van der Waals surface area contributed by atoms with Gasteiger partial charge in [-0.25, -0.2) is 4.98 Å². The van der Waals surface area contributed by atoms with Gasteiger partial charge in [-0.3, -0.25) is 4.79 Å². The van der Waals surface area contributed by atoms with E-state index in [0.29, 0.717) is 30.6 Å². The van der Waals surface area contributed by atoms with Crippen LogP contribution in [0.5, 0.6) is 0 Å². The standard InChI is InChI=1S/C13H14ClN3O2/c1-16-11-8-17(5-4-10(11)15-13(16)14)12(18)7-9-3-2-6-19-9/h2-3,6H,4-5,7-8H2,1H3. The molecule has 5 nitrogen and oxygen atoms in total. The van der Waals surface area contributed by atoms with E-state index in [9.17, 15) is 4.79 Å². The summed E-state index contributed by atoms with van der Waals surface area (Å²) in [4.78, 5) is 18.3. The molecular weight excluding hydrogens is 266 g/mol. The van der Waals surface area contributed by atoms with E-state index in [0.717, 1.165) is 17.8 Å². The maximum atomic E-state index is 12.2. The highest BCUT2D eigenvalue weighted by atomic mass is 35.5. The van der Waals surface area contributed by atoms with Crippen LogP contribution < -0.4 is 0 Å². The maximum absolute atomic E-state index is 12.2. The number of furan rings is 1. The molecule has 100 valence electrons. The molecule has 0 bridgehead atoms. The van der Waals surface area contributed by atoms with Crippen molar-refractivity contribution in [1.29, 1.82) is 0 Å². The summed E-state index contributed by atoms with van der Waals surface area (Å²) in [5.41, 5.74) is 2.01. The Morgan fingerprint density at radius 1 is 1.58 bits per heavy atom. The van der Waals surface area contributed by atoms with Crippen LogP contribution in [0, 0.1) is 0 Å². The van der Waals surface area contributed by atoms with Gasteiger partial charge in [0.25, 0.3) is 0 Å². The van der Waals surface area contributed by atoms with Crippen molar-refractivity contribution in [3.63, 3.8) is 0 Å². The van der Waals surface area contributed by atoms with Crippen molar-refractivity contribution in [2.45, 2.75) is 19.4 Å². The Hall–Kier alpha value is -1.75. The number of fused-ring (bicyclic) bond motifs is 1. The van der Waals surface area contributed by atoms with Crippen LogP contribution in [-0.4, -0.2) is 26.9 Å². The lowest BCUT2D eigenvalue weighted by molar-refractivity contribution is -0.131. The molecule has 0 aliphatic carbocycles. The minimum Gasteiger partial charge on any atom is -0.469 e. The monoisotopic (exact) mass is 279 g/mol. The van der Waals surface area contributed by atoms with Crippen molar-refractivity contribution >= 4 is 17.5 Å². The number of halogens is 1. The average molecular weight is 280 g/mol. The van der Waals surface area contributed by atoms with Gasteiger partial charge < -0.3 is 13.9 Å². The van der Waals surface area contributed by atoms with E-state index >= 15 is 0 Å². The van der Waals surface area contributed by atoms with E-state index in [1.54, 1.807) is 12.3 Å². The summed E-state index contributed by atoms with van der Waals surface area (Å²) in [6.45, 7) is 1.24. The predicted octanol–water partition coefficient (Wildman–Crippen LogP) is 1.79. The third-order valence-corrected chi connectivity index (χ3v) is 3.80. The highest BCUT2D eigenvalue weighted by molar-refractivity contribution is 6.28. The minimum absolute atomic E-state index is 0.0675. The highest BCUT2D eigenvalue weighted by Gasteiger charge is 2.25. The molecule has 0 saturated heterocycles. The third-order valence-electron chi connectivity index (χ3n) is 3.46. The smallest absolute Gasteiger partial charge is 0.230 e. The van der Waals surface area contributed by atoms with E-state index in [-0.39, 0.29) is 5.91 Å². The zero-order valence-electron chi connectivity index (χ0n) is 10.6. The van der Waals surface area contributed by atoms with Crippen LogP contribution in [0.4, 0.5) is 0 Å². The van der Waals surface area contributed by atoms with Crippen LogP contribution in [0.1, 0.15) is 17.1 Å². The van der Waals surface area contributed by atoms with Gasteiger partial charge in [0.05, 0.1) is 30.6 Å². The van der Waals surface area contributed by atoms with Crippen LogP contribution in [0.25, 0.3) is 0 Å². The summed E-state index contributed by atoms with van der Waals surface area (Å²) < 4.78 is 7.04. The largest absolute Gasteiger partial charge is 0.469 e. The Labute approximate surface area is 115 Å². The molecule has 1 aliphatic heterocycles. The van der Waals surface area contributed by atoms with Gasteiger partial charge in [0.1, 0.15) is 5.76 Å². The molecule has 6 heteroatoms. The van der Waals surface area contributed by atoms with Crippen molar-refractivity contribution in [2.75, 3.05) is 6.54 Å². The first kappa shape index (κ1) is 12.3. The highest BCUT2D eigenvalue weighted by Crippen LogP contribution is 2.22. The second kappa shape index (κ2) is 4.74. The Kier molecular flexibility index (Phi) is 3.06. The Balaban J connectivity index is 1.74. The Morgan fingerprint density at radius 2 is 2.42 bits per heavy atom. The van der Waals surface area contributed by atoms with E-state index in [2.05, 4.69) is 4.98 Å². The summed E-state index contributed by atoms with van der Waals surface area (Å²) >= 11 is 6.00. The molecule has 3 heterocycles. The molecule has 2 aromatic rings. The zero-order valence-corrected chi connectivity index (χ0v) is 11.4. The number of rotatable bonds is 2. The van der Waals surface area contributed by atoms with Crippen LogP contribution in [0.15, 0.2) is 22.8 Å². The Bertz CT molecular complexity index is 604. The number of carbonyl (C=O) groups excluding carboxylic acids is 1. The first-order valence-corrected chi connectivity index (χ1v) is 6.53. The maximum Gasteiger partial charge on any atom is 0.230 e. The van der Waals surface area contributed by atoms with Crippen molar-refractivity contribution in [3.05, 3.63) is 40.8 Å². The van der Waals surface area contributed by atoms with Crippen molar-refractivity contribution in [1.82, 2.24) is 14.5 Å². The lowest BCUT2D eigenvalue weighted by atomic mass is 10.1. The van der Waals surface area contributed by atoms with Gasteiger partial charge >= 0.3 is 0 Å². The normalized spacial score (nSPS) is 14.5. The van der Waals surface area contributed by atoms with E-state index in [1.807, 2.05) is 22.6 Å². The SMILES string of the molecule is Cn1c(Cl)nc2c1CN(C(=O)Cc1ccco1)CC2. The van der Waals surface area contributed by atoms with Gasteiger partial charge in [0.2, 0.25) is 11.2 Å². The van der Waals surface area contributed by atoms with Gasteiger partial charge in [-0.1, -0.05) is 0 Å². The molecule has 0 N–H and O–H groups in total.